The molecule has 1 aromatic rings. The van der Waals surface area contributed by atoms with Gasteiger partial charge in [0, 0.05) is 5.02 Å². The molecular formula is C7H8Cl2O. The molecular weight excluding hydrogens is 171 g/mol. The first-order chi connectivity index (χ1) is 4.33. The van der Waals surface area contributed by atoms with Crippen molar-refractivity contribution in [3.8, 4) is 0 Å². The van der Waals surface area contributed by atoms with E-state index in [1.165, 1.54) is 0 Å². The molecule has 0 aliphatic rings. The van der Waals surface area contributed by atoms with Gasteiger partial charge in [-0.15, -0.1) is 12.4 Å². The third-order valence-corrected chi connectivity index (χ3v) is 1.31. The number of benzene rings is 1. The zero-order valence-electron chi connectivity index (χ0n) is 5.25. The second kappa shape index (κ2) is 4.56. The molecule has 0 saturated carbocycles. The van der Waals surface area contributed by atoms with Gasteiger partial charge in [-0.1, -0.05) is 23.7 Å². The SMILES string of the molecule is Cl.OCc1cccc(Cl)c1. The van der Waals surface area contributed by atoms with Crippen LogP contribution in [0.5, 0.6) is 0 Å². The molecule has 0 aromatic heterocycles. The minimum atomic E-state index is 0. The summed E-state index contributed by atoms with van der Waals surface area (Å²) in [5, 5.41) is 9.27. The number of hydrogen-bond donors (Lipinski definition) is 1. The summed E-state index contributed by atoms with van der Waals surface area (Å²) in [7, 11) is 0. The first-order valence-corrected chi connectivity index (χ1v) is 3.06. The van der Waals surface area contributed by atoms with E-state index in [4.69, 9.17) is 16.7 Å². The van der Waals surface area contributed by atoms with Crippen molar-refractivity contribution >= 4 is 24.0 Å². The highest BCUT2D eigenvalue weighted by Gasteiger charge is 1.88. The molecule has 0 radical (unpaired) electrons. The van der Waals surface area contributed by atoms with Crippen molar-refractivity contribution in [1.29, 1.82) is 0 Å². The largest absolute Gasteiger partial charge is 0.392 e. The van der Waals surface area contributed by atoms with E-state index >= 15 is 0 Å². The highest BCUT2D eigenvalue weighted by Crippen LogP contribution is 2.09. The maximum absolute atomic E-state index is 8.60. The molecule has 0 fully saturated rings. The fourth-order valence-corrected chi connectivity index (χ4v) is 0.848. The van der Waals surface area contributed by atoms with Crippen molar-refractivity contribution in [2.45, 2.75) is 6.61 Å². The van der Waals surface area contributed by atoms with Crippen LogP contribution in [0.4, 0.5) is 0 Å². The van der Waals surface area contributed by atoms with Gasteiger partial charge in [0.1, 0.15) is 0 Å². The van der Waals surface area contributed by atoms with Crippen molar-refractivity contribution in [2.24, 2.45) is 0 Å². The van der Waals surface area contributed by atoms with Crippen LogP contribution in [0, 0.1) is 0 Å². The van der Waals surface area contributed by atoms with Crippen LogP contribution < -0.4 is 0 Å². The van der Waals surface area contributed by atoms with Gasteiger partial charge in [-0.3, -0.25) is 0 Å². The predicted octanol–water partition coefficient (Wildman–Crippen LogP) is 2.25. The second-order valence-electron chi connectivity index (χ2n) is 1.79. The number of hydrogen-bond acceptors (Lipinski definition) is 1. The minimum Gasteiger partial charge on any atom is -0.392 e. The first kappa shape index (κ1) is 9.76. The van der Waals surface area contributed by atoms with Crippen LogP contribution in [-0.4, -0.2) is 5.11 Å². The molecule has 10 heavy (non-hydrogen) atoms. The average molecular weight is 179 g/mol. The van der Waals surface area contributed by atoms with Gasteiger partial charge in [-0.25, -0.2) is 0 Å². The minimum absolute atomic E-state index is 0. The van der Waals surface area contributed by atoms with Crippen molar-refractivity contribution in [3.05, 3.63) is 34.9 Å². The van der Waals surface area contributed by atoms with Crippen LogP contribution in [0.15, 0.2) is 24.3 Å². The molecule has 1 aromatic carbocycles. The number of aliphatic hydroxyl groups excluding tert-OH is 1. The van der Waals surface area contributed by atoms with Crippen molar-refractivity contribution in [3.63, 3.8) is 0 Å². The Morgan fingerprint density at radius 1 is 1.40 bits per heavy atom. The van der Waals surface area contributed by atoms with E-state index in [9.17, 15) is 0 Å². The predicted molar refractivity (Wildman–Crippen MR) is 44.6 cm³/mol. The normalized spacial score (nSPS) is 8.60. The smallest absolute Gasteiger partial charge is 0.0682 e. The van der Waals surface area contributed by atoms with Gasteiger partial charge in [-0.2, -0.15) is 0 Å². The number of aliphatic hydroxyl groups is 1. The van der Waals surface area contributed by atoms with Gasteiger partial charge in [0.25, 0.3) is 0 Å². The molecule has 1 N–H and O–H groups in total. The van der Waals surface area contributed by atoms with Crippen LogP contribution in [0.25, 0.3) is 0 Å². The Bertz CT molecular complexity index is 201. The van der Waals surface area contributed by atoms with Crippen molar-refractivity contribution in [2.75, 3.05) is 0 Å². The molecule has 0 bridgehead atoms. The maximum atomic E-state index is 8.60. The summed E-state index contributed by atoms with van der Waals surface area (Å²) in [5.74, 6) is 0. The molecule has 0 aliphatic heterocycles. The van der Waals surface area contributed by atoms with E-state index in [-0.39, 0.29) is 19.0 Å². The Labute approximate surface area is 71.0 Å². The molecule has 1 rings (SSSR count). The summed E-state index contributed by atoms with van der Waals surface area (Å²) in [6.07, 6.45) is 0. The molecule has 0 heterocycles. The van der Waals surface area contributed by atoms with Gasteiger partial charge in [0.15, 0.2) is 0 Å². The molecule has 0 saturated heterocycles. The highest BCUT2D eigenvalue weighted by atomic mass is 35.5. The summed E-state index contributed by atoms with van der Waals surface area (Å²) < 4.78 is 0. The molecule has 0 unspecified atom stereocenters. The number of rotatable bonds is 1. The summed E-state index contributed by atoms with van der Waals surface area (Å²) in [6, 6.07) is 7.15. The third-order valence-electron chi connectivity index (χ3n) is 1.07. The lowest BCUT2D eigenvalue weighted by molar-refractivity contribution is 0.282. The van der Waals surface area contributed by atoms with Gasteiger partial charge in [0.2, 0.25) is 0 Å². The molecule has 1 nitrogen and oxygen atoms in total. The summed E-state index contributed by atoms with van der Waals surface area (Å²) in [4.78, 5) is 0. The quantitative estimate of drug-likeness (QED) is 0.700. The van der Waals surface area contributed by atoms with E-state index in [1.54, 1.807) is 12.1 Å². The van der Waals surface area contributed by atoms with E-state index in [0.717, 1.165) is 5.56 Å². The monoisotopic (exact) mass is 178 g/mol. The van der Waals surface area contributed by atoms with Gasteiger partial charge in [-0.05, 0) is 17.7 Å². The molecule has 0 amide bonds. The topological polar surface area (TPSA) is 20.2 Å². The van der Waals surface area contributed by atoms with E-state index in [1.807, 2.05) is 12.1 Å². The summed E-state index contributed by atoms with van der Waals surface area (Å²) >= 11 is 5.61. The average Bonchev–Trinajstić information content (AvgIpc) is 1.88. The van der Waals surface area contributed by atoms with Gasteiger partial charge >= 0.3 is 0 Å². The zero-order valence-corrected chi connectivity index (χ0v) is 6.82. The van der Waals surface area contributed by atoms with Crippen LogP contribution >= 0.6 is 24.0 Å². The van der Waals surface area contributed by atoms with Crippen LogP contribution in [0.2, 0.25) is 5.02 Å². The molecule has 0 spiro atoms. The lowest BCUT2D eigenvalue weighted by Gasteiger charge is -1.93. The molecule has 0 atom stereocenters. The Morgan fingerprint density at radius 3 is 2.50 bits per heavy atom. The molecule has 56 valence electrons. The Morgan fingerprint density at radius 2 is 2.10 bits per heavy atom. The van der Waals surface area contributed by atoms with E-state index in [2.05, 4.69) is 0 Å². The highest BCUT2D eigenvalue weighted by molar-refractivity contribution is 6.30. The third kappa shape index (κ3) is 2.56. The van der Waals surface area contributed by atoms with Crippen LogP contribution in [0.1, 0.15) is 5.56 Å². The van der Waals surface area contributed by atoms with E-state index < -0.39 is 0 Å². The maximum Gasteiger partial charge on any atom is 0.0682 e. The molecule has 0 aliphatic carbocycles. The lowest BCUT2D eigenvalue weighted by atomic mass is 10.2. The Hall–Kier alpha value is -0.240. The van der Waals surface area contributed by atoms with Crippen LogP contribution in [-0.2, 0) is 6.61 Å². The first-order valence-electron chi connectivity index (χ1n) is 2.68. The lowest BCUT2D eigenvalue weighted by Crippen LogP contribution is -1.79. The summed E-state index contributed by atoms with van der Waals surface area (Å²) in [6.45, 7) is 0.0561. The van der Waals surface area contributed by atoms with Crippen molar-refractivity contribution in [1.82, 2.24) is 0 Å². The van der Waals surface area contributed by atoms with Gasteiger partial charge in [0.05, 0.1) is 6.61 Å². The van der Waals surface area contributed by atoms with Crippen LogP contribution in [0.3, 0.4) is 0 Å². The second-order valence-corrected chi connectivity index (χ2v) is 2.22. The fraction of sp³-hybridized carbons (Fsp3) is 0.143. The van der Waals surface area contributed by atoms with E-state index in [0.29, 0.717) is 5.02 Å². The Balaban J connectivity index is 0.000000810. The standard InChI is InChI=1S/C7H7ClO.ClH/c8-7-3-1-2-6(4-7)5-9;/h1-4,9H,5H2;1H. The fourth-order valence-electron chi connectivity index (χ4n) is 0.635. The van der Waals surface area contributed by atoms with Crippen molar-refractivity contribution < 1.29 is 5.11 Å². The number of halogens is 2. The van der Waals surface area contributed by atoms with Gasteiger partial charge < -0.3 is 5.11 Å². The zero-order chi connectivity index (χ0) is 6.69. The summed E-state index contributed by atoms with van der Waals surface area (Å²) in [5.41, 5.74) is 0.850. The Kier molecular flexibility index (Phi) is 4.45. The molecule has 3 heteroatoms.